The maximum absolute atomic E-state index is 13.8. The molecule has 0 saturated heterocycles. The third-order valence-electron chi connectivity index (χ3n) is 3.15. The van der Waals surface area contributed by atoms with E-state index in [4.69, 9.17) is 17.3 Å². The minimum absolute atomic E-state index is 0.106. The number of nitrogens with two attached hydrogens (primary N) is 1. The number of nitrogens with one attached hydrogen (secondary N) is 1. The molecule has 0 aliphatic rings. The summed E-state index contributed by atoms with van der Waals surface area (Å²) in [5, 5.41) is 7.10. The SMILES string of the molecule is C[C@@H](C(=O)NCc1ccc(CN)cc1F)n1cc(Cl)cn1. The monoisotopic (exact) mass is 310 g/mol. The van der Waals surface area contributed by atoms with E-state index in [1.54, 1.807) is 25.3 Å². The van der Waals surface area contributed by atoms with E-state index in [-0.39, 0.29) is 24.8 Å². The van der Waals surface area contributed by atoms with Gasteiger partial charge in [-0.3, -0.25) is 9.48 Å². The van der Waals surface area contributed by atoms with Crippen molar-refractivity contribution in [2.24, 2.45) is 5.73 Å². The Labute approximate surface area is 126 Å². The van der Waals surface area contributed by atoms with Gasteiger partial charge >= 0.3 is 0 Å². The number of hydrogen-bond donors (Lipinski definition) is 2. The molecule has 2 rings (SSSR count). The van der Waals surface area contributed by atoms with E-state index in [1.165, 1.54) is 16.9 Å². The molecule has 0 aliphatic heterocycles. The van der Waals surface area contributed by atoms with Crippen molar-refractivity contribution < 1.29 is 9.18 Å². The molecule has 3 N–H and O–H groups in total. The summed E-state index contributed by atoms with van der Waals surface area (Å²) in [5.41, 5.74) is 6.56. The summed E-state index contributed by atoms with van der Waals surface area (Å²) in [4.78, 5) is 12.0. The fourth-order valence-corrected chi connectivity index (χ4v) is 1.98. The van der Waals surface area contributed by atoms with Crippen LogP contribution in [0.5, 0.6) is 0 Å². The van der Waals surface area contributed by atoms with Crippen LogP contribution in [0.3, 0.4) is 0 Å². The van der Waals surface area contributed by atoms with Gasteiger partial charge in [-0.2, -0.15) is 5.10 Å². The molecule has 1 aromatic carbocycles. The van der Waals surface area contributed by atoms with Crippen LogP contribution in [0.4, 0.5) is 4.39 Å². The molecule has 21 heavy (non-hydrogen) atoms. The largest absolute Gasteiger partial charge is 0.350 e. The molecule has 5 nitrogen and oxygen atoms in total. The van der Waals surface area contributed by atoms with Gasteiger partial charge in [0.15, 0.2) is 0 Å². The molecule has 1 amide bonds. The van der Waals surface area contributed by atoms with Crippen LogP contribution < -0.4 is 11.1 Å². The van der Waals surface area contributed by atoms with Crippen molar-refractivity contribution >= 4 is 17.5 Å². The number of rotatable bonds is 5. The van der Waals surface area contributed by atoms with Crippen LogP contribution in [0.2, 0.25) is 5.02 Å². The molecule has 1 aromatic heterocycles. The smallest absolute Gasteiger partial charge is 0.244 e. The van der Waals surface area contributed by atoms with Gasteiger partial charge in [-0.15, -0.1) is 0 Å². The van der Waals surface area contributed by atoms with Crippen LogP contribution in [0, 0.1) is 5.82 Å². The second kappa shape index (κ2) is 6.69. The first-order chi connectivity index (χ1) is 10.0. The van der Waals surface area contributed by atoms with Crippen molar-refractivity contribution in [1.82, 2.24) is 15.1 Å². The lowest BCUT2D eigenvalue weighted by molar-refractivity contribution is -0.124. The van der Waals surface area contributed by atoms with Gasteiger partial charge in [0.2, 0.25) is 5.91 Å². The molecule has 0 fully saturated rings. The number of amides is 1. The number of aromatic nitrogens is 2. The highest BCUT2D eigenvalue weighted by molar-refractivity contribution is 6.30. The van der Waals surface area contributed by atoms with Crippen molar-refractivity contribution in [2.75, 3.05) is 0 Å². The molecule has 1 atom stereocenters. The number of hydrogen-bond acceptors (Lipinski definition) is 3. The third kappa shape index (κ3) is 3.80. The molecule has 0 bridgehead atoms. The molecule has 1 heterocycles. The average molecular weight is 311 g/mol. The highest BCUT2D eigenvalue weighted by atomic mass is 35.5. The first-order valence-electron chi connectivity index (χ1n) is 6.46. The zero-order valence-corrected chi connectivity index (χ0v) is 12.3. The Kier molecular flexibility index (Phi) is 4.93. The van der Waals surface area contributed by atoms with Crippen molar-refractivity contribution in [3.8, 4) is 0 Å². The Morgan fingerprint density at radius 1 is 1.57 bits per heavy atom. The molecular weight excluding hydrogens is 295 g/mol. The van der Waals surface area contributed by atoms with E-state index in [1.807, 2.05) is 0 Å². The zero-order chi connectivity index (χ0) is 15.4. The maximum atomic E-state index is 13.8. The Balaban J connectivity index is 1.97. The van der Waals surface area contributed by atoms with Crippen LogP contribution >= 0.6 is 11.6 Å². The first-order valence-corrected chi connectivity index (χ1v) is 6.83. The van der Waals surface area contributed by atoms with E-state index < -0.39 is 6.04 Å². The third-order valence-corrected chi connectivity index (χ3v) is 3.35. The number of halogens is 2. The molecule has 0 unspecified atom stereocenters. The number of benzene rings is 1. The van der Waals surface area contributed by atoms with Crippen LogP contribution in [0.25, 0.3) is 0 Å². The molecule has 0 aliphatic carbocycles. The molecular formula is C14H16ClFN4O. The second-order valence-electron chi connectivity index (χ2n) is 4.66. The lowest BCUT2D eigenvalue weighted by Crippen LogP contribution is -2.31. The lowest BCUT2D eigenvalue weighted by atomic mass is 10.1. The van der Waals surface area contributed by atoms with Crippen molar-refractivity contribution in [3.63, 3.8) is 0 Å². The van der Waals surface area contributed by atoms with Gasteiger partial charge in [-0.1, -0.05) is 23.7 Å². The summed E-state index contributed by atoms with van der Waals surface area (Å²) < 4.78 is 15.2. The van der Waals surface area contributed by atoms with Crippen LogP contribution in [-0.4, -0.2) is 15.7 Å². The highest BCUT2D eigenvalue weighted by Crippen LogP contribution is 2.13. The molecule has 2 aromatic rings. The lowest BCUT2D eigenvalue weighted by Gasteiger charge is -2.13. The summed E-state index contributed by atoms with van der Waals surface area (Å²) in [7, 11) is 0. The van der Waals surface area contributed by atoms with E-state index in [0.717, 1.165) is 0 Å². The predicted molar refractivity (Wildman–Crippen MR) is 78.1 cm³/mol. The Morgan fingerprint density at radius 3 is 2.90 bits per heavy atom. The van der Waals surface area contributed by atoms with Crippen LogP contribution in [0.15, 0.2) is 30.6 Å². The fourth-order valence-electron chi connectivity index (χ4n) is 1.84. The van der Waals surface area contributed by atoms with Gasteiger partial charge in [0.25, 0.3) is 0 Å². The fraction of sp³-hybridized carbons (Fsp3) is 0.286. The Bertz CT molecular complexity index is 644. The quantitative estimate of drug-likeness (QED) is 0.887. The first kappa shape index (κ1) is 15.5. The van der Waals surface area contributed by atoms with E-state index in [2.05, 4.69) is 10.4 Å². The van der Waals surface area contributed by atoms with Gasteiger partial charge in [-0.05, 0) is 18.6 Å². The second-order valence-corrected chi connectivity index (χ2v) is 5.10. The normalized spacial score (nSPS) is 12.2. The number of carbonyl (C=O) groups excluding carboxylic acids is 1. The van der Waals surface area contributed by atoms with E-state index in [9.17, 15) is 9.18 Å². The molecule has 0 radical (unpaired) electrons. The minimum Gasteiger partial charge on any atom is -0.350 e. The summed E-state index contributed by atoms with van der Waals surface area (Å²) >= 11 is 5.76. The number of nitrogens with zero attached hydrogens (tertiary/aromatic N) is 2. The highest BCUT2D eigenvalue weighted by Gasteiger charge is 2.16. The topological polar surface area (TPSA) is 72.9 Å². The van der Waals surface area contributed by atoms with Gasteiger partial charge in [-0.25, -0.2) is 4.39 Å². The van der Waals surface area contributed by atoms with Crippen molar-refractivity contribution in [3.05, 3.63) is 52.6 Å². The average Bonchev–Trinajstić information content (AvgIpc) is 2.91. The standard InChI is InChI=1S/C14H16ClFN4O/c1-9(20-8-12(15)7-19-20)14(21)18-6-11-3-2-10(5-17)4-13(11)16/h2-4,7-9H,5-6,17H2,1H3,(H,18,21)/t9-/m0/s1. The van der Waals surface area contributed by atoms with Gasteiger partial charge in [0.05, 0.1) is 11.2 Å². The Morgan fingerprint density at radius 2 is 2.33 bits per heavy atom. The van der Waals surface area contributed by atoms with Crippen LogP contribution in [0.1, 0.15) is 24.1 Å². The van der Waals surface area contributed by atoms with Gasteiger partial charge in [0.1, 0.15) is 11.9 Å². The number of carbonyl (C=O) groups is 1. The molecule has 112 valence electrons. The summed E-state index contributed by atoms with van der Waals surface area (Å²) in [6.45, 7) is 2.07. The van der Waals surface area contributed by atoms with Crippen molar-refractivity contribution in [2.45, 2.75) is 26.1 Å². The summed E-state index contributed by atoms with van der Waals surface area (Å²) in [6, 6.07) is 4.20. The Hall–Kier alpha value is -1.92. The minimum atomic E-state index is -0.524. The van der Waals surface area contributed by atoms with Crippen LogP contribution in [-0.2, 0) is 17.9 Å². The predicted octanol–water partition coefficient (Wildman–Crippen LogP) is 2.01. The molecule has 7 heteroatoms. The van der Waals surface area contributed by atoms with Gasteiger partial charge < -0.3 is 11.1 Å². The summed E-state index contributed by atoms with van der Waals surface area (Å²) in [6.07, 6.45) is 3.01. The van der Waals surface area contributed by atoms with E-state index >= 15 is 0 Å². The maximum Gasteiger partial charge on any atom is 0.244 e. The van der Waals surface area contributed by atoms with Crippen molar-refractivity contribution in [1.29, 1.82) is 0 Å². The van der Waals surface area contributed by atoms with E-state index in [0.29, 0.717) is 16.1 Å². The zero-order valence-electron chi connectivity index (χ0n) is 11.5. The van der Waals surface area contributed by atoms with Gasteiger partial charge in [0, 0.05) is 24.8 Å². The summed E-state index contributed by atoms with van der Waals surface area (Å²) in [5.74, 6) is -0.648. The molecule has 0 saturated carbocycles. The molecule has 0 spiro atoms.